The Labute approximate surface area is 126 Å². The van der Waals surface area contributed by atoms with E-state index in [9.17, 15) is 0 Å². The van der Waals surface area contributed by atoms with Crippen LogP contribution in [0.25, 0.3) is 0 Å². The molecule has 2 aromatic rings. The van der Waals surface area contributed by atoms with Crippen molar-refractivity contribution in [3.8, 4) is 0 Å². The number of hydrogen-bond acceptors (Lipinski definition) is 0. The van der Waals surface area contributed by atoms with E-state index >= 15 is 0 Å². The zero-order chi connectivity index (χ0) is 13.2. The van der Waals surface area contributed by atoms with Crippen molar-refractivity contribution >= 4 is 46.4 Å². The van der Waals surface area contributed by atoms with E-state index < -0.39 is 4.33 Å². The van der Waals surface area contributed by atoms with Crippen molar-refractivity contribution in [2.24, 2.45) is 0 Å². The third kappa shape index (κ3) is 3.13. The molecular weight excluding hydrogens is 310 g/mol. The van der Waals surface area contributed by atoms with Crippen LogP contribution in [0.4, 0.5) is 0 Å². The lowest BCUT2D eigenvalue weighted by Crippen LogP contribution is -2.15. The minimum atomic E-state index is -1.09. The quantitative estimate of drug-likeness (QED) is 0.621. The number of rotatable bonds is 3. The second-order valence-electron chi connectivity index (χ2n) is 3.95. The summed E-state index contributed by atoms with van der Waals surface area (Å²) in [6.07, 6.45) is 0.402. The van der Waals surface area contributed by atoms with Gasteiger partial charge in [-0.15, -0.1) is 0 Å². The minimum Gasteiger partial charge on any atom is -0.0959 e. The monoisotopic (exact) mass is 318 g/mol. The van der Waals surface area contributed by atoms with Gasteiger partial charge in [0.2, 0.25) is 0 Å². The third-order valence-corrected chi connectivity index (χ3v) is 4.01. The number of benzene rings is 2. The van der Waals surface area contributed by atoms with Gasteiger partial charge in [0.05, 0.1) is 0 Å². The van der Waals surface area contributed by atoms with Gasteiger partial charge < -0.3 is 0 Å². The van der Waals surface area contributed by atoms with Crippen LogP contribution < -0.4 is 0 Å². The van der Waals surface area contributed by atoms with Gasteiger partial charge in [0.1, 0.15) is 4.33 Å². The second kappa shape index (κ2) is 5.71. The lowest BCUT2D eigenvalue weighted by atomic mass is 10.0. The van der Waals surface area contributed by atoms with Gasteiger partial charge in [-0.05, 0) is 17.7 Å². The van der Waals surface area contributed by atoms with Crippen LogP contribution in [0.5, 0.6) is 0 Å². The molecule has 94 valence electrons. The summed E-state index contributed by atoms with van der Waals surface area (Å²) in [6, 6.07) is 14.8. The minimum absolute atomic E-state index is 0.402. The standard InChI is InChI=1S/C14H10Cl4/c15-12-7-3-1-5-10(12)9-14(17,18)11-6-2-4-8-13(11)16/h1-8H,9H2. The smallest absolute Gasteiger partial charge is 0.0959 e. The van der Waals surface area contributed by atoms with Crippen LogP contribution in [0.2, 0.25) is 10.0 Å². The molecule has 0 saturated heterocycles. The predicted molar refractivity (Wildman–Crippen MR) is 80.0 cm³/mol. The highest BCUT2D eigenvalue weighted by Crippen LogP contribution is 2.41. The van der Waals surface area contributed by atoms with Crippen LogP contribution in [-0.4, -0.2) is 0 Å². The first-order valence-electron chi connectivity index (χ1n) is 5.37. The molecule has 0 fully saturated rings. The molecule has 18 heavy (non-hydrogen) atoms. The Kier molecular flexibility index (Phi) is 4.45. The summed E-state index contributed by atoms with van der Waals surface area (Å²) in [5.41, 5.74) is 1.58. The van der Waals surface area contributed by atoms with E-state index in [4.69, 9.17) is 46.4 Å². The number of hydrogen-bond donors (Lipinski definition) is 0. The summed E-state index contributed by atoms with van der Waals surface area (Å²) < 4.78 is -1.09. The van der Waals surface area contributed by atoms with E-state index in [0.717, 1.165) is 5.56 Å². The van der Waals surface area contributed by atoms with Gasteiger partial charge in [0, 0.05) is 22.0 Å². The molecule has 0 atom stereocenters. The molecule has 0 amide bonds. The van der Waals surface area contributed by atoms with Crippen molar-refractivity contribution in [3.63, 3.8) is 0 Å². The number of halogens is 4. The molecule has 4 heteroatoms. The molecule has 0 N–H and O–H groups in total. The lowest BCUT2D eigenvalue weighted by molar-refractivity contribution is 0.837. The topological polar surface area (TPSA) is 0 Å². The van der Waals surface area contributed by atoms with Crippen molar-refractivity contribution < 1.29 is 0 Å². The third-order valence-electron chi connectivity index (χ3n) is 2.64. The average molecular weight is 320 g/mol. The highest BCUT2D eigenvalue weighted by molar-refractivity contribution is 6.49. The maximum atomic E-state index is 6.40. The summed E-state index contributed by atoms with van der Waals surface area (Å²) >= 11 is 25.0. The van der Waals surface area contributed by atoms with E-state index in [1.54, 1.807) is 6.07 Å². The summed E-state index contributed by atoms with van der Waals surface area (Å²) in [7, 11) is 0. The molecule has 0 spiro atoms. The molecule has 0 aliphatic carbocycles. The Morgan fingerprint density at radius 1 is 0.778 bits per heavy atom. The fourth-order valence-corrected chi connectivity index (χ4v) is 2.95. The molecule has 0 aromatic heterocycles. The fourth-order valence-electron chi connectivity index (χ4n) is 1.73. The molecule has 0 saturated carbocycles. The van der Waals surface area contributed by atoms with Gasteiger partial charge in [-0.1, -0.05) is 82.8 Å². The van der Waals surface area contributed by atoms with Crippen LogP contribution >= 0.6 is 46.4 Å². The normalized spacial score (nSPS) is 11.6. The molecule has 2 aromatic carbocycles. The molecular formula is C14H10Cl4. The molecule has 0 aliphatic heterocycles. The van der Waals surface area contributed by atoms with Crippen LogP contribution in [0, 0.1) is 0 Å². The first-order chi connectivity index (χ1) is 8.50. The summed E-state index contributed by atoms with van der Waals surface area (Å²) in [6.45, 7) is 0. The van der Waals surface area contributed by atoms with Gasteiger partial charge in [-0.2, -0.15) is 0 Å². The molecule has 0 unspecified atom stereocenters. The van der Waals surface area contributed by atoms with E-state index in [0.29, 0.717) is 22.0 Å². The molecule has 2 rings (SSSR count). The Bertz CT molecular complexity index is 549. The molecule has 0 radical (unpaired) electrons. The highest BCUT2D eigenvalue weighted by Gasteiger charge is 2.29. The fraction of sp³-hybridized carbons (Fsp3) is 0.143. The molecule has 0 bridgehead atoms. The zero-order valence-electron chi connectivity index (χ0n) is 9.34. The Hall–Kier alpha value is -0.400. The van der Waals surface area contributed by atoms with Crippen LogP contribution in [0.15, 0.2) is 48.5 Å². The predicted octanol–water partition coefficient (Wildman–Crippen LogP) is 5.87. The maximum Gasteiger partial charge on any atom is 0.148 e. The van der Waals surface area contributed by atoms with Crippen LogP contribution in [0.1, 0.15) is 11.1 Å². The Balaban J connectivity index is 2.33. The largest absolute Gasteiger partial charge is 0.148 e. The highest BCUT2D eigenvalue weighted by atomic mass is 35.5. The maximum absolute atomic E-state index is 6.40. The first kappa shape index (κ1) is 14.0. The van der Waals surface area contributed by atoms with Gasteiger partial charge in [0.25, 0.3) is 0 Å². The van der Waals surface area contributed by atoms with E-state index in [-0.39, 0.29) is 0 Å². The van der Waals surface area contributed by atoms with Crippen LogP contribution in [0.3, 0.4) is 0 Å². The first-order valence-corrected chi connectivity index (χ1v) is 6.88. The van der Waals surface area contributed by atoms with Gasteiger partial charge in [-0.25, -0.2) is 0 Å². The Morgan fingerprint density at radius 3 is 1.94 bits per heavy atom. The summed E-state index contributed by atoms with van der Waals surface area (Å²) in [5, 5.41) is 1.20. The molecule has 0 aliphatic rings. The van der Waals surface area contributed by atoms with E-state index in [2.05, 4.69) is 0 Å². The van der Waals surface area contributed by atoms with Crippen molar-refractivity contribution in [2.45, 2.75) is 10.8 Å². The second-order valence-corrected chi connectivity index (χ2v) is 6.25. The van der Waals surface area contributed by atoms with Crippen molar-refractivity contribution in [1.29, 1.82) is 0 Å². The lowest BCUT2D eigenvalue weighted by Gasteiger charge is -2.22. The van der Waals surface area contributed by atoms with Gasteiger partial charge >= 0.3 is 0 Å². The van der Waals surface area contributed by atoms with E-state index in [1.807, 2.05) is 42.5 Å². The SMILES string of the molecule is Clc1ccccc1CC(Cl)(Cl)c1ccccc1Cl. The average Bonchev–Trinajstić information content (AvgIpc) is 2.32. The van der Waals surface area contributed by atoms with Crippen LogP contribution in [-0.2, 0) is 10.8 Å². The molecule has 0 heterocycles. The van der Waals surface area contributed by atoms with Crippen molar-refractivity contribution in [2.75, 3.05) is 0 Å². The van der Waals surface area contributed by atoms with Crippen molar-refractivity contribution in [1.82, 2.24) is 0 Å². The van der Waals surface area contributed by atoms with Crippen molar-refractivity contribution in [3.05, 3.63) is 69.7 Å². The summed E-state index contributed by atoms with van der Waals surface area (Å²) in [4.78, 5) is 0. The zero-order valence-corrected chi connectivity index (χ0v) is 12.4. The summed E-state index contributed by atoms with van der Waals surface area (Å²) in [5.74, 6) is 0. The Morgan fingerprint density at radius 2 is 1.33 bits per heavy atom. The number of alkyl halides is 2. The van der Waals surface area contributed by atoms with E-state index in [1.165, 1.54) is 0 Å². The molecule has 0 nitrogen and oxygen atoms in total. The van der Waals surface area contributed by atoms with Gasteiger partial charge in [0.15, 0.2) is 0 Å². The van der Waals surface area contributed by atoms with Gasteiger partial charge in [-0.3, -0.25) is 0 Å².